The number of aliphatic hydroxyl groups is 2. The molecule has 0 radical (unpaired) electrons. The number of nitrogens with zero attached hydrogens (tertiary/aromatic N) is 1. The van der Waals surface area contributed by atoms with Crippen molar-refractivity contribution in [2.24, 2.45) is 5.92 Å². The summed E-state index contributed by atoms with van der Waals surface area (Å²) in [5, 5.41) is 18.8. The number of rotatable bonds is 4. The summed E-state index contributed by atoms with van der Waals surface area (Å²) in [6, 6.07) is 0. The van der Waals surface area contributed by atoms with Crippen LogP contribution in [0.4, 0.5) is 0 Å². The summed E-state index contributed by atoms with van der Waals surface area (Å²) in [5.41, 5.74) is 0. The first-order valence-electron chi connectivity index (χ1n) is 5.13. The highest BCUT2D eigenvalue weighted by Crippen LogP contribution is 2.13. The fraction of sp³-hybridized carbons (Fsp3) is 0.900. The lowest BCUT2D eigenvalue weighted by atomic mass is 10.1. The highest BCUT2D eigenvalue weighted by Gasteiger charge is 2.29. The molecule has 0 bridgehead atoms. The molecule has 1 heterocycles. The molecule has 0 saturated carbocycles. The molecule has 4 heteroatoms. The molecular formula is C10H19NO3. The van der Waals surface area contributed by atoms with Crippen molar-refractivity contribution in [3.63, 3.8) is 0 Å². The van der Waals surface area contributed by atoms with Crippen molar-refractivity contribution in [2.75, 3.05) is 13.1 Å². The van der Waals surface area contributed by atoms with Gasteiger partial charge in [0.05, 0.1) is 18.6 Å². The summed E-state index contributed by atoms with van der Waals surface area (Å²) in [6.45, 7) is 4.79. The number of likely N-dealkylation sites (tertiary alicyclic amines) is 1. The number of β-amino-alcohol motifs (C(OH)–C–C–N with tert-alkyl or cyclic N) is 2. The molecule has 1 amide bonds. The average Bonchev–Trinajstić information content (AvgIpc) is 2.28. The van der Waals surface area contributed by atoms with Crippen LogP contribution in [0.25, 0.3) is 0 Å². The van der Waals surface area contributed by atoms with Crippen LogP contribution in [0.3, 0.4) is 0 Å². The van der Waals surface area contributed by atoms with E-state index in [9.17, 15) is 15.0 Å². The summed E-state index contributed by atoms with van der Waals surface area (Å²) in [5.74, 6) is 0.368. The summed E-state index contributed by atoms with van der Waals surface area (Å²) < 4.78 is 0. The molecule has 2 unspecified atom stereocenters. The Labute approximate surface area is 84.5 Å². The van der Waals surface area contributed by atoms with Crippen LogP contribution < -0.4 is 0 Å². The minimum Gasteiger partial charge on any atom is -0.391 e. The molecule has 1 fully saturated rings. The lowest BCUT2D eigenvalue weighted by Gasteiger charge is -2.21. The van der Waals surface area contributed by atoms with Crippen LogP contribution in [0, 0.1) is 5.92 Å². The van der Waals surface area contributed by atoms with E-state index in [1.807, 2.05) is 13.8 Å². The number of aliphatic hydroxyl groups excluding tert-OH is 2. The number of hydrogen-bond acceptors (Lipinski definition) is 3. The minimum absolute atomic E-state index is 0.0553. The molecule has 4 nitrogen and oxygen atoms in total. The van der Waals surface area contributed by atoms with Crippen molar-refractivity contribution in [3.05, 3.63) is 0 Å². The molecule has 14 heavy (non-hydrogen) atoms. The monoisotopic (exact) mass is 201 g/mol. The molecule has 1 saturated heterocycles. The van der Waals surface area contributed by atoms with Gasteiger partial charge in [-0.1, -0.05) is 13.8 Å². The molecule has 1 aliphatic heterocycles. The summed E-state index contributed by atoms with van der Waals surface area (Å²) in [6.07, 6.45) is -0.119. The Hall–Kier alpha value is -0.610. The second kappa shape index (κ2) is 4.75. The quantitative estimate of drug-likeness (QED) is 0.672. The van der Waals surface area contributed by atoms with Gasteiger partial charge < -0.3 is 15.1 Å². The first kappa shape index (κ1) is 11.5. The van der Waals surface area contributed by atoms with Crippen molar-refractivity contribution >= 4 is 5.91 Å². The molecular weight excluding hydrogens is 182 g/mol. The van der Waals surface area contributed by atoms with Gasteiger partial charge in [-0.25, -0.2) is 0 Å². The van der Waals surface area contributed by atoms with Crippen LogP contribution in [0.5, 0.6) is 0 Å². The fourth-order valence-electron chi connectivity index (χ4n) is 1.80. The van der Waals surface area contributed by atoms with Crippen molar-refractivity contribution in [3.8, 4) is 0 Å². The lowest BCUT2D eigenvalue weighted by molar-refractivity contribution is -0.129. The van der Waals surface area contributed by atoms with Crippen molar-refractivity contribution in [1.29, 1.82) is 0 Å². The zero-order chi connectivity index (χ0) is 10.7. The molecule has 0 spiro atoms. The number of amides is 1. The largest absolute Gasteiger partial charge is 0.391 e. The number of hydrogen-bond donors (Lipinski definition) is 2. The van der Waals surface area contributed by atoms with Gasteiger partial charge >= 0.3 is 0 Å². The maximum atomic E-state index is 11.3. The molecule has 1 rings (SSSR count). The van der Waals surface area contributed by atoms with E-state index in [4.69, 9.17) is 0 Å². The van der Waals surface area contributed by atoms with E-state index in [-0.39, 0.29) is 12.3 Å². The van der Waals surface area contributed by atoms with Gasteiger partial charge in [0.15, 0.2) is 0 Å². The molecule has 2 atom stereocenters. The van der Waals surface area contributed by atoms with E-state index in [2.05, 4.69) is 0 Å². The Morgan fingerprint density at radius 3 is 2.64 bits per heavy atom. The van der Waals surface area contributed by atoms with Crippen LogP contribution in [0.1, 0.15) is 26.7 Å². The van der Waals surface area contributed by atoms with E-state index >= 15 is 0 Å². The third-order valence-electron chi connectivity index (χ3n) is 2.37. The fourth-order valence-corrected chi connectivity index (χ4v) is 1.80. The second-order valence-electron chi connectivity index (χ2n) is 4.44. The van der Waals surface area contributed by atoms with Crippen molar-refractivity contribution in [1.82, 2.24) is 4.90 Å². The standard InChI is InChI=1S/C10H19NO3/c1-7(2)3-8(12)5-11-6-9(13)4-10(11)14/h7-9,12-13H,3-6H2,1-2H3. The predicted molar refractivity (Wildman–Crippen MR) is 52.7 cm³/mol. The zero-order valence-electron chi connectivity index (χ0n) is 8.81. The Kier molecular flexibility index (Phi) is 3.89. The van der Waals surface area contributed by atoms with Crippen LogP contribution in [0.15, 0.2) is 0 Å². The first-order valence-corrected chi connectivity index (χ1v) is 5.13. The summed E-state index contributed by atoms with van der Waals surface area (Å²) in [7, 11) is 0. The lowest BCUT2D eigenvalue weighted by Crippen LogP contribution is -2.34. The van der Waals surface area contributed by atoms with E-state index in [1.54, 1.807) is 0 Å². The Morgan fingerprint density at radius 1 is 1.57 bits per heavy atom. The SMILES string of the molecule is CC(C)CC(O)CN1CC(O)CC1=O. The van der Waals surface area contributed by atoms with Gasteiger partial charge in [0.25, 0.3) is 0 Å². The van der Waals surface area contributed by atoms with Crippen LogP contribution >= 0.6 is 0 Å². The molecule has 0 aliphatic carbocycles. The first-order chi connectivity index (χ1) is 6.49. The van der Waals surface area contributed by atoms with Crippen LogP contribution in [-0.2, 0) is 4.79 Å². The van der Waals surface area contributed by atoms with Crippen LogP contribution in [-0.4, -0.2) is 46.3 Å². The average molecular weight is 201 g/mol. The summed E-state index contributed by atoms with van der Waals surface area (Å²) >= 11 is 0. The van der Waals surface area contributed by atoms with E-state index in [0.717, 1.165) is 0 Å². The Bertz CT molecular complexity index is 206. The smallest absolute Gasteiger partial charge is 0.225 e. The minimum atomic E-state index is -0.547. The van der Waals surface area contributed by atoms with Crippen LogP contribution in [0.2, 0.25) is 0 Å². The number of carbonyl (C=O) groups excluding carboxylic acids is 1. The Morgan fingerprint density at radius 2 is 2.21 bits per heavy atom. The van der Waals surface area contributed by atoms with Gasteiger partial charge in [-0.2, -0.15) is 0 Å². The van der Waals surface area contributed by atoms with Gasteiger partial charge in [0.2, 0.25) is 5.91 Å². The summed E-state index contributed by atoms with van der Waals surface area (Å²) in [4.78, 5) is 12.8. The molecule has 82 valence electrons. The van der Waals surface area contributed by atoms with Gasteiger partial charge in [-0.05, 0) is 12.3 Å². The van der Waals surface area contributed by atoms with Gasteiger partial charge in [-0.3, -0.25) is 4.79 Å². The normalized spacial score (nSPS) is 24.8. The van der Waals surface area contributed by atoms with Crippen molar-refractivity contribution < 1.29 is 15.0 Å². The van der Waals surface area contributed by atoms with E-state index < -0.39 is 12.2 Å². The van der Waals surface area contributed by atoms with Gasteiger partial charge in [-0.15, -0.1) is 0 Å². The third kappa shape index (κ3) is 3.27. The maximum absolute atomic E-state index is 11.3. The topological polar surface area (TPSA) is 60.8 Å². The molecule has 1 aliphatic rings. The third-order valence-corrected chi connectivity index (χ3v) is 2.37. The number of carbonyl (C=O) groups is 1. The van der Waals surface area contributed by atoms with Gasteiger partial charge in [0, 0.05) is 13.1 Å². The Balaban J connectivity index is 2.33. The zero-order valence-corrected chi connectivity index (χ0v) is 8.81. The van der Waals surface area contributed by atoms with E-state index in [1.165, 1.54) is 4.90 Å². The highest BCUT2D eigenvalue weighted by atomic mass is 16.3. The molecule has 0 aromatic heterocycles. The highest BCUT2D eigenvalue weighted by molar-refractivity contribution is 5.79. The predicted octanol–water partition coefficient (Wildman–Crippen LogP) is -0.0134. The second-order valence-corrected chi connectivity index (χ2v) is 4.44. The van der Waals surface area contributed by atoms with E-state index in [0.29, 0.717) is 25.4 Å². The molecule has 0 aromatic carbocycles. The van der Waals surface area contributed by atoms with Gasteiger partial charge in [0.1, 0.15) is 0 Å². The molecule has 2 N–H and O–H groups in total. The molecule has 0 aromatic rings. The maximum Gasteiger partial charge on any atom is 0.225 e. The van der Waals surface area contributed by atoms with Crippen molar-refractivity contribution in [2.45, 2.75) is 38.9 Å².